The molecule has 120 valence electrons. The molecule has 1 aromatic rings. The molecule has 2 rings (SSSR count). The summed E-state index contributed by atoms with van der Waals surface area (Å²) in [5, 5.41) is 3.38. The maximum absolute atomic E-state index is 12.1. The second-order valence-electron chi connectivity index (χ2n) is 6.68. The van der Waals surface area contributed by atoms with Crippen molar-refractivity contribution in [1.82, 2.24) is 4.90 Å². The second-order valence-corrected chi connectivity index (χ2v) is 6.68. The number of ether oxygens (including phenoxy) is 1. The van der Waals surface area contributed by atoms with Crippen molar-refractivity contribution in [3.05, 3.63) is 29.8 Å². The standard InChI is InChI=1S/C17H24N2O3/c1-12(20)19-9-8-15(11-19)18-14-7-5-6-13(10-14)16(21)22-17(2,3)4/h5-7,10,15,18H,8-9,11H2,1-4H3. The van der Waals surface area contributed by atoms with Crippen LogP contribution in [0.4, 0.5) is 5.69 Å². The fourth-order valence-electron chi connectivity index (χ4n) is 2.47. The van der Waals surface area contributed by atoms with Crippen LogP contribution >= 0.6 is 0 Å². The molecule has 0 saturated carbocycles. The summed E-state index contributed by atoms with van der Waals surface area (Å²) in [7, 11) is 0. The lowest BCUT2D eigenvalue weighted by Gasteiger charge is -2.20. The van der Waals surface area contributed by atoms with Gasteiger partial charge in [-0.1, -0.05) is 6.07 Å². The molecule has 0 bridgehead atoms. The van der Waals surface area contributed by atoms with Gasteiger partial charge in [0, 0.05) is 31.7 Å². The summed E-state index contributed by atoms with van der Waals surface area (Å²) in [5.74, 6) is -0.222. The van der Waals surface area contributed by atoms with Crippen LogP contribution in [-0.2, 0) is 9.53 Å². The van der Waals surface area contributed by atoms with E-state index in [4.69, 9.17) is 4.74 Å². The Labute approximate surface area is 131 Å². The van der Waals surface area contributed by atoms with Gasteiger partial charge in [-0.25, -0.2) is 4.79 Å². The smallest absolute Gasteiger partial charge is 0.338 e. The summed E-state index contributed by atoms with van der Waals surface area (Å²) in [6.45, 7) is 8.61. The molecule has 1 unspecified atom stereocenters. The molecule has 22 heavy (non-hydrogen) atoms. The van der Waals surface area contributed by atoms with Crippen LogP contribution < -0.4 is 5.32 Å². The van der Waals surface area contributed by atoms with E-state index in [0.717, 1.165) is 18.7 Å². The minimum atomic E-state index is -0.506. The molecule has 1 aliphatic rings. The fraction of sp³-hybridized carbons (Fsp3) is 0.529. The molecule has 5 nitrogen and oxygen atoms in total. The Bertz CT molecular complexity index is 563. The molecule has 0 radical (unpaired) electrons. The molecule has 1 N–H and O–H groups in total. The molecule has 1 atom stereocenters. The van der Waals surface area contributed by atoms with Crippen LogP contribution in [0, 0.1) is 0 Å². The summed E-state index contributed by atoms with van der Waals surface area (Å²) >= 11 is 0. The lowest BCUT2D eigenvalue weighted by Crippen LogP contribution is -2.29. The lowest BCUT2D eigenvalue weighted by molar-refractivity contribution is -0.127. The number of carbonyl (C=O) groups excluding carboxylic acids is 2. The largest absolute Gasteiger partial charge is 0.456 e. The Kier molecular flexibility index (Phi) is 4.74. The highest BCUT2D eigenvalue weighted by atomic mass is 16.6. The Morgan fingerprint density at radius 2 is 2.05 bits per heavy atom. The summed E-state index contributed by atoms with van der Waals surface area (Å²) < 4.78 is 5.38. The first-order chi connectivity index (χ1) is 10.2. The van der Waals surface area contributed by atoms with E-state index >= 15 is 0 Å². The zero-order chi connectivity index (χ0) is 16.3. The van der Waals surface area contributed by atoms with Crippen LogP contribution in [0.15, 0.2) is 24.3 Å². The van der Waals surface area contributed by atoms with Crippen molar-refractivity contribution in [3.63, 3.8) is 0 Å². The average Bonchev–Trinajstić information content (AvgIpc) is 2.86. The Morgan fingerprint density at radius 3 is 2.64 bits per heavy atom. The van der Waals surface area contributed by atoms with E-state index < -0.39 is 5.60 Å². The number of amides is 1. The van der Waals surface area contributed by atoms with E-state index in [1.165, 1.54) is 0 Å². The minimum Gasteiger partial charge on any atom is -0.456 e. The number of benzene rings is 1. The highest BCUT2D eigenvalue weighted by Crippen LogP contribution is 2.19. The Morgan fingerprint density at radius 1 is 1.32 bits per heavy atom. The Balaban J connectivity index is 2.00. The van der Waals surface area contributed by atoms with Crippen LogP contribution in [0.1, 0.15) is 44.5 Å². The number of rotatable bonds is 3. The first-order valence-corrected chi connectivity index (χ1v) is 7.60. The number of anilines is 1. The van der Waals surface area contributed by atoms with Crippen molar-refractivity contribution in [1.29, 1.82) is 0 Å². The van der Waals surface area contributed by atoms with E-state index in [1.807, 2.05) is 37.8 Å². The topological polar surface area (TPSA) is 58.6 Å². The molecule has 0 spiro atoms. The molecule has 1 aliphatic heterocycles. The van der Waals surface area contributed by atoms with E-state index in [1.54, 1.807) is 19.1 Å². The molecule has 1 aromatic carbocycles. The lowest BCUT2D eigenvalue weighted by atomic mass is 10.1. The van der Waals surface area contributed by atoms with Crippen LogP contribution in [0.3, 0.4) is 0 Å². The molecule has 1 heterocycles. The predicted octanol–water partition coefficient (Wildman–Crippen LogP) is 2.67. The number of esters is 1. The van der Waals surface area contributed by atoms with Crippen molar-refractivity contribution >= 4 is 17.6 Å². The number of hydrogen-bond acceptors (Lipinski definition) is 4. The van der Waals surface area contributed by atoms with Gasteiger partial charge in [-0.3, -0.25) is 4.79 Å². The molecule has 0 aromatic heterocycles. The van der Waals surface area contributed by atoms with Crippen LogP contribution in [0.25, 0.3) is 0 Å². The van der Waals surface area contributed by atoms with Gasteiger partial charge < -0.3 is 15.0 Å². The van der Waals surface area contributed by atoms with Crippen molar-refractivity contribution in [2.75, 3.05) is 18.4 Å². The maximum Gasteiger partial charge on any atom is 0.338 e. The number of carbonyl (C=O) groups is 2. The van der Waals surface area contributed by atoms with Crippen LogP contribution in [0.5, 0.6) is 0 Å². The van der Waals surface area contributed by atoms with Gasteiger partial charge in [0.15, 0.2) is 0 Å². The molecule has 1 amide bonds. The summed E-state index contributed by atoms with van der Waals surface area (Å²) in [5.41, 5.74) is 0.897. The van der Waals surface area contributed by atoms with Crippen molar-refractivity contribution in [2.45, 2.75) is 45.8 Å². The zero-order valence-electron chi connectivity index (χ0n) is 13.7. The van der Waals surface area contributed by atoms with E-state index in [9.17, 15) is 9.59 Å². The zero-order valence-corrected chi connectivity index (χ0v) is 13.7. The van der Waals surface area contributed by atoms with Crippen molar-refractivity contribution in [2.24, 2.45) is 0 Å². The molecule has 0 aliphatic carbocycles. The monoisotopic (exact) mass is 304 g/mol. The maximum atomic E-state index is 12.1. The fourth-order valence-corrected chi connectivity index (χ4v) is 2.47. The molecule has 1 fully saturated rings. The number of nitrogens with one attached hydrogen (secondary N) is 1. The van der Waals surface area contributed by atoms with Crippen LogP contribution in [0.2, 0.25) is 0 Å². The third kappa shape index (κ3) is 4.48. The second kappa shape index (κ2) is 6.38. The van der Waals surface area contributed by atoms with Crippen molar-refractivity contribution < 1.29 is 14.3 Å². The van der Waals surface area contributed by atoms with Crippen molar-refractivity contribution in [3.8, 4) is 0 Å². The Hall–Kier alpha value is -2.04. The van der Waals surface area contributed by atoms with E-state index in [2.05, 4.69) is 5.32 Å². The number of likely N-dealkylation sites (tertiary alicyclic amines) is 1. The average molecular weight is 304 g/mol. The molecule has 5 heteroatoms. The quantitative estimate of drug-likeness (QED) is 0.872. The SMILES string of the molecule is CC(=O)N1CCC(Nc2cccc(C(=O)OC(C)(C)C)c2)C1. The predicted molar refractivity (Wildman–Crippen MR) is 85.9 cm³/mol. The summed E-state index contributed by atoms with van der Waals surface area (Å²) in [6, 6.07) is 7.52. The van der Waals surface area contributed by atoms with Gasteiger partial charge in [-0.2, -0.15) is 0 Å². The minimum absolute atomic E-state index is 0.104. The van der Waals surface area contributed by atoms with Gasteiger partial charge in [0.25, 0.3) is 0 Å². The van der Waals surface area contributed by atoms with Gasteiger partial charge in [-0.05, 0) is 45.4 Å². The highest BCUT2D eigenvalue weighted by Gasteiger charge is 2.24. The summed E-state index contributed by atoms with van der Waals surface area (Å²) in [6.07, 6.45) is 0.913. The van der Waals surface area contributed by atoms with Gasteiger partial charge in [0.05, 0.1) is 5.56 Å². The highest BCUT2D eigenvalue weighted by molar-refractivity contribution is 5.90. The normalized spacial score (nSPS) is 18.2. The summed E-state index contributed by atoms with van der Waals surface area (Å²) in [4.78, 5) is 25.3. The number of nitrogens with zero attached hydrogens (tertiary/aromatic N) is 1. The van der Waals surface area contributed by atoms with Crippen LogP contribution in [-0.4, -0.2) is 41.5 Å². The van der Waals surface area contributed by atoms with E-state index in [0.29, 0.717) is 12.1 Å². The third-order valence-corrected chi connectivity index (χ3v) is 3.50. The van der Waals surface area contributed by atoms with Gasteiger partial charge in [0.2, 0.25) is 5.91 Å². The van der Waals surface area contributed by atoms with Gasteiger partial charge >= 0.3 is 5.97 Å². The molecule has 1 saturated heterocycles. The van der Waals surface area contributed by atoms with Gasteiger partial charge in [-0.15, -0.1) is 0 Å². The molecular formula is C17H24N2O3. The molecular weight excluding hydrogens is 280 g/mol. The van der Waals surface area contributed by atoms with E-state index in [-0.39, 0.29) is 17.9 Å². The number of hydrogen-bond donors (Lipinski definition) is 1. The third-order valence-electron chi connectivity index (χ3n) is 3.50. The van der Waals surface area contributed by atoms with Gasteiger partial charge in [0.1, 0.15) is 5.60 Å². The first kappa shape index (κ1) is 16.3. The first-order valence-electron chi connectivity index (χ1n) is 7.60.